The second-order valence-electron chi connectivity index (χ2n) is 5.31. The summed E-state index contributed by atoms with van der Waals surface area (Å²) in [7, 11) is -2.04. The Balaban J connectivity index is 2.57. The fourth-order valence-electron chi connectivity index (χ4n) is 2.33. The zero-order chi connectivity index (χ0) is 16.3. The number of aryl methyl sites for hydroxylation is 1. The maximum Gasteiger partial charge on any atom is 0.247 e. The Morgan fingerprint density at radius 2 is 1.91 bits per heavy atom. The standard InChI is InChI=1S/C15H21N3O3S/c1-12(2)18(9-10-19)22(20,21)14-11-17(3)16-15(14)13-7-5-4-6-8-13/h4-8,11-12,19H,9-10H2,1-3H3. The summed E-state index contributed by atoms with van der Waals surface area (Å²) in [6.07, 6.45) is 1.50. The van der Waals surface area contributed by atoms with Crippen molar-refractivity contribution >= 4 is 10.0 Å². The van der Waals surface area contributed by atoms with Crippen LogP contribution in [0.25, 0.3) is 11.3 Å². The molecule has 0 aliphatic rings. The van der Waals surface area contributed by atoms with E-state index in [9.17, 15) is 8.42 Å². The molecule has 120 valence electrons. The molecule has 1 aromatic carbocycles. The molecular formula is C15H21N3O3S. The molecule has 0 saturated heterocycles. The largest absolute Gasteiger partial charge is 0.395 e. The molecule has 0 aliphatic heterocycles. The van der Waals surface area contributed by atoms with Crippen LogP contribution in [-0.2, 0) is 17.1 Å². The van der Waals surface area contributed by atoms with Gasteiger partial charge in [0.15, 0.2) is 0 Å². The Morgan fingerprint density at radius 3 is 2.45 bits per heavy atom. The van der Waals surface area contributed by atoms with E-state index in [2.05, 4.69) is 5.10 Å². The molecule has 22 heavy (non-hydrogen) atoms. The highest BCUT2D eigenvalue weighted by molar-refractivity contribution is 7.89. The molecule has 1 aromatic heterocycles. The number of aromatic nitrogens is 2. The van der Waals surface area contributed by atoms with Gasteiger partial charge in [0.1, 0.15) is 10.6 Å². The molecule has 2 aromatic rings. The van der Waals surface area contributed by atoms with E-state index in [-0.39, 0.29) is 24.1 Å². The monoisotopic (exact) mass is 323 g/mol. The SMILES string of the molecule is CC(C)N(CCO)S(=O)(=O)c1cn(C)nc1-c1ccccc1. The lowest BCUT2D eigenvalue weighted by Gasteiger charge is -2.24. The average molecular weight is 323 g/mol. The normalized spacial score (nSPS) is 12.3. The minimum Gasteiger partial charge on any atom is -0.395 e. The van der Waals surface area contributed by atoms with Crippen LogP contribution in [0.2, 0.25) is 0 Å². The number of hydrogen-bond donors (Lipinski definition) is 1. The van der Waals surface area contributed by atoms with Gasteiger partial charge in [0, 0.05) is 31.4 Å². The molecule has 0 fully saturated rings. The lowest BCUT2D eigenvalue weighted by Crippen LogP contribution is -2.39. The van der Waals surface area contributed by atoms with Gasteiger partial charge in [0.25, 0.3) is 0 Å². The first-order valence-electron chi connectivity index (χ1n) is 7.09. The first kappa shape index (κ1) is 16.7. The summed E-state index contributed by atoms with van der Waals surface area (Å²) in [5.74, 6) is 0. The molecule has 1 heterocycles. The molecule has 6 nitrogen and oxygen atoms in total. The quantitative estimate of drug-likeness (QED) is 0.873. The summed E-state index contributed by atoms with van der Waals surface area (Å²) >= 11 is 0. The predicted molar refractivity (Wildman–Crippen MR) is 84.8 cm³/mol. The van der Waals surface area contributed by atoms with E-state index in [1.165, 1.54) is 15.2 Å². The summed E-state index contributed by atoms with van der Waals surface area (Å²) < 4.78 is 28.6. The Labute approximate surface area is 131 Å². The van der Waals surface area contributed by atoms with Crippen molar-refractivity contribution in [3.63, 3.8) is 0 Å². The Kier molecular flexibility index (Phi) is 5.00. The molecule has 0 unspecified atom stereocenters. The van der Waals surface area contributed by atoms with Gasteiger partial charge in [-0.05, 0) is 13.8 Å². The van der Waals surface area contributed by atoms with Crippen LogP contribution in [-0.4, -0.2) is 46.8 Å². The van der Waals surface area contributed by atoms with Crippen molar-refractivity contribution in [2.24, 2.45) is 7.05 Å². The molecule has 0 saturated carbocycles. The molecule has 0 aliphatic carbocycles. The molecular weight excluding hydrogens is 302 g/mol. The number of aliphatic hydroxyl groups excluding tert-OH is 1. The van der Waals surface area contributed by atoms with Gasteiger partial charge in [-0.2, -0.15) is 9.40 Å². The molecule has 1 N–H and O–H groups in total. The maximum absolute atomic E-state index is 12.9. The number of nitrogens with zero attached hydrogens (tertiary/aromatic N) is 3. The zero-order valence-electron chi connectivity index (χ0n) is 13.0. The lowest BCUT2D eigenvalue weighted by molar-refractivity contribution is 0.236. The highest BCUT2D eigenvalue weighted by atomic mass is 32.2. The van der Waals surface area contributed by atoms with Crippen LogP contribution in [0.5, 0.6) is 0 Å². The number of sulfonamides is 1. The van der Waals surface area contributed by atoms with Gasteiger partial charge in [-0.15, -0.1) is 0 Å². The van der Waals surface area contributed by atoms with Gasteiger partial charge in [-0.3, -0.25) is 4.68 Å². The third-order valence-electron chi connectivity index (χ3n) is 3.33. The van der Waals surface area contributed by atoms with Gasteiger partial charge >= 0.3 is 0 Å². The van der Waals surface area contributed by atoms with Crippen molar-refractivity contribution in [3.05, 3.63) is 36.5 Å². The highest BCUT2D eigenvalue weighted by Gasteiger charge is 2.31. The van der Waals surface area contributed by atoms with Gasteiger partial charge in [0.05, 0.1) is 6.61 Å². The van der Waals surface area contributed by atoms with E-state index in [0.29, 0.717) is 5.69 Å². The number of rotatable bonds is 6. The first-order valence-corrected chi connectivity index (χ1v) is 8.53. The number of aliphatic hydroxyl groups is 1. The summed E-state index contributed by atoms with van der Waals surface area (Å²) in [4.78, 5) is 0.156. The summed E-state index contributed by atoms with van der Waals surface area (Å²) in [5.41, 5.74) is 1.17. The maximum atomic E-state index is 12.9. The highest BCUT2D eigenvalue weighted by Crippen LogP contribution is 2.28. The lowest BCUT2D eigenvalue weighted by atomic mass is 10.2. The van der Waals surface area contributed by atoms with Gasteiger partial charge in [-0.25, -0.2) is 8.42 Å². The molecule has 0 amide bonds. The third kappa shape index (κ3) is 3.21. The molecule has 2 rings (SSSR count). The molecule has 0 atom stereocenters. The second kappa shape index (κ2) is 6.60. The minimum absolute atomic E-state index is 0.0587. The van der Waals surface area contributed by atoms with Crippen LogP contribution >= 0.6 is 0 Å². The molecule has 7 heteroatoms. The predicted octanol–water partition coefficient (Wildman–Crippen LogP) is 1.48. The van der Waals surface area contributed by atoms with Crippen molar-refractivity contribution in [2.75, 3.05) is 13.2 Å². The summed E-state index contributed by atoms with van der Waals surface area (Å²) in [6, 6.07) is 8.95. The van der Waals surface area contributed by atoms with Crippen molar-refractivity contribution < 1.29 is 13.5 Å². The van der Waals surface area contributed by atoms with E-state index in [1.807, 2.05) is 30.3 Å². The molecule has 0 spiro atoms. The van der Waals surface area contributed by atoms with Crippen LogP contribution < -0.4 is 0 Å². The fourth-order valence-corrected chi connectivity index (χ4v) is 4.15. The minimum atomic E-state index is -3.73. The Morgan fingerprint density at radius 1 is 1.27 bits per heavy atom. The number of hydrogen-bond acceptors (Lipinski definition) is 4. The topological polar surface area (TPSA) is 75.4 Å². The molecule has 0 bridgehead atoms. The van der Waals surface area contributed by atoms with Crippen molar-refractivity contribution in [3.8, 4) is 11.3 Å². The van der Waals surface area contributed by atoms with Crippen molar-refractivity contribution in [1.29, 1.82) is 0 Å². The fraction of sp³-hybridized carbons (Fsp3) is 0.400. The summed E-state index contributed by atoms with van der Waals surface area (Å²) in [6.45, 7) is 3.40. The van der Waals surface area contributed by atoms with Gasteiger partial charge < -0.3 is 5.11 Å². The van der Waals surface area contributed by atoms with E-state index < -0.39 is 10.0 Å². The van der Waals surface area contributed by atoms with Crippen LogP contribution in [0.15, 0.2) is 41.4 Å². The third-order valence-corrected chi connectivity index (χ3v) is 5.40. The smallest absolute Gasteiger partial charge is 0.247 e. The van der Waals surface area contributed by atoms with Crippen LogP contribution in [0.4, 0.5) is 0 Å². The zero-order valence-corrected chi connectivity index (χ0v) is 13.8. The second-order valence-corrected chi connectivity index (χ2v) is 7.17. The van der Waals surface area contributed by atoms with E-state index in [0.717, 1.165) is 5.56 Å². The van der Waals surface area contributed by atoms with Crippen LogP contribution in [0, 0.1) is 0 Å². The number of benzene rings is 1. The first-order chi connectivity index (χ1) is 10.4. The Hall–Kier alpha value is -1.70. The van der Waals surface area contributed by atoms with Crippen LogP contribution in [0.1, 0.15) is 13.8 Å². The molecule has 0 radical (unpaired) electrons. The van der Waals surface area contributed by atoms with E-state index >= 15 is 0 Å². The van der Waals surface area contributed by atoms with Crippen molar-refractivity contribution in [1.82, 2.24) is 14.1 Å². The van der Waals surface area contributed by atoms with Gasteiger partial charge in [-0.1, -0.05) is 30.3 Å². The van der Waals surface area contributed by atoms with E-state index in [1.54, 1.807) is 20.9 Å². The van der Waals surface area contributed by atoms with Crippen LogP contribution in [0.3, 0.4) is 0 Å². The Bertz CT molecular complexity index is 724. The summed E-state index contributed by atoms with van der Waals surface area (Å²) in [5, 5.41) is 13.5. The average Bonchev–Trinajstić information content (AvgIpc) is 2.88. The van der Waals surface area contributed by atoms with E-state index in [4.69, 9.17) is 5.11 Å². The van der Waals surface area contributed by atoms with Gasteiger partial charge in [0.2, 0.25) is 10.0 Å². The van der Waals surface area contributed by atoms with Crippen molar-refractivity contribution in [2.45, 2.75) is 24.8 Å².